The smallest absolute Gasteiger partial charge is 0.318 e. The van der Waals surface area contributed by atoms with Crippen LogP contribution in [-0.4, -0.2) is 30.3 Å². The van der Waals surface area contributed by atoms with Crippen LogP contribution < -0.4 is 10.2 Å². The van der Waals surface area contributed by atoms with Gasteiger partial charge in [0.1, 0.15) is 0 Å². The highest BCUT2D eigenvalue weighted by molar-refractivity contribution is 5.25. The van der Waals surface area contributed by atoms with Gasteiger partial charge in [-0.05, 0) is 25.3 Å². The van der Waals surface area contributed by atoms with E-state index in [0.717, 1.165) is 13.1 Å². The molecule has 0 saturated carbocycles. The second kappa shape index (κ2) is 4.41. The average Bonchev–Trinajstić information content (AvgIpc) is 2.67. The first-order chi connectivity index (χ1) is 7.61. The number of piperidine rings is 1. The highest BCUT2D eigenvalue weighted by Gasteiger charge is 2.27. The van der Waals surface area contributed by atoms with Crippen LogP contribution in [0.5, 0.6) is 0 Å². The molecule has 1 aromatic rings. The van der Waals surface area contributed by atoms with E-state index in [2.05, 4.69) is 34.3 Å². The molecule has 2 rings (SSSR count). The van der Waals surface area contributed by atoms with Crippen LogP contribution in [0.15, 0.2) is 4.42 Å². The first-order valence-corrected chi connectivity index (χ1v) is 5.83. The van der Waals surface area contributed by atoms with Gasteiger partial charge in [0, 0.05) is 13.1 Å². The lowest BCUT2D eigenvalue weighted by atomic mass is 9.83. The zero-order valence-corrected chi connectivity index (χ0v) is 10.3. The lowest BCUT2D eigenvalue weighted by Crippen LogP contribution is -2.37. The molecule has 0 spiro atoms. The Morgan fingerprint density at radius 3 is 2.62 bits per heavy atom. The molecule has 1 aliphatic heterocycles. The summed E-state index contributed by atoms with van der Waals surface area (Å²) in [6, 6.07) is 0.667. The molecule has 90 valence electrons. The Morgan fingerprint density at radius 1 is 1.31 bits per heavy atom. The number of rotatable bonds is 3. The zero-order chi connectivity index (χ0) is 11.6. The predicted octanol–water partition coefficient (Wildman–Crippen LogP) is 1.42. The lowest BCUT2D eigenvalue weighted by Gasteiger charge is -2.35. The van der Waals surface area contributed by atoms with E-state index in [-0.39, 0.29) is 0 Å². The van der Waals surface area contributed by atoms with E-state index in [1.165, 1.54) is 12.8 Å². The van der Waals surface area contributed by atoms with Crippen LogP contribution in [0.2, 0.25) is 0 Å². The zero-order valence-electron chi connectivity index (χ0n) is 10.3. The molecule has 5 nitrogen and oxygen atoms in total. The lowest BCUT2D eigenvalue weighted by molar-refractivity contribution is 0.272. The van der Waals surface area contributed by atoms with Gasteiger partial charge in [0.05, 0.1) is 6.54 Å². The molecule has 0 unspecified atom stereocenters. The first kappa shape index (κ1) is 11.4. The van der Waals surface area contributed by atoms with E-state index in [1.54, 1.807) is 0 Å². The molecule has 5 heteroatoms. The molecule has 1 aromatic heterocycles. The molecule has 16 heavy (non-hydrogen) atoms. The number of nitrogens with zero attached hydrogens (tertiary/aromatic N) is 3. The molecular weight excluding hydrogens is 204 g/mol. The third-order valence-electron chi connectivity index (χ3n) is 3.17. The Bertz CT molecular complexity index is 338. The van der Waals surface area contributed by atoms with Gasteiger partial charge in [-0.2, -0.15) is 0 Å². The van der Waals surface area contributed by atoms with Crippen LogP contribution in [0.4, 0.5) is 6.01 Å². The van der Waals surface area contributed by atoms with Gasteiger partial charge in [-0.1, -0.05) is 18.9 Å². The van der Waals surface area contributed by atoms with Crippen molar-refractivity contribution in [3.05, 3.63) is 5.89 Å². The summed E-state index contributed by atoms with van der Waals surface area (Å²) in [6.07, 6.45) is 2.35. The van der Waals surface area contributed by atoms with Crippen molar-refractivity contribution in [3.63, 3.8) is 0 Å². The van der Waals surface area contributed by atoms with E-state index < -0.39 is 0 Å². The highest BCUT2D eigenvalue weighted by atomic mass is 16.4. The van der Waals surface area contributed by atoms with Crippen molar-refractivity contribution in [1.82, 2.24) is 15.5 Å². The summed E-state index contributed by atoms with van der Waals surface area (Å²) >= 11 is 0. The Labute approximate surface area is 96.2 Å². The number of anilines is 1. The van der Waals surface area contributed by atoms with Gasteiger partial charge in [0.15, 0.2) is 0 Å². The van der Waals surface area contributed by atoms with Gasteiger partial charge in [0.2, 0.25) is 5.89 Å². The minimum atomic E-state index is 0.449. The van der Waals surface area contributed by atoms with Crippen molar-refractivity contribution in [2.45, 2.75) is 33.2 Å². The van der Waals surface area contributed by atoms with Gasteiger partial charge in [-0.15, -0.1) is 5.10 Å². The monoisotopic (exact) mass is 224 g/mol. The van der Waals surface area contributed by atoms with Crippen LogP contribution >= 0.6 is 0 Å². The number of nitrogens with one attached hydrogen (secondary N) is 1. The maximum absolute atomic E-state index is 5.57. The molecular formula is C11H20N4O. The predicted molar refractivity (Wildman–Crippen MR) is 62.3 cm³/mol. The summed E-state index contributed by atoms with van der Waals surface area (Å²) in [4.78, 5) is 2.18. The van der Waals surface area contributed by atoms with Gasteiger partial charge in [-0.25, -0.2) is 0 Å². The van der Waals surface area contributed by atoms with Gasteiger partial charge in [-0.3, -0.25) is 0 Å². The molecule has 1 aliphatic rings. The van der Waals surface area contributed by atoms with E-state index in [4.69, 9.17) is 4.42 Å². The normalized spacial score (nSPS) is 20.1. The summed E-state index contributed by atoms with van der Waals surface area (Å²) in [7, 11) is 1.87. The quantitative estimate of drug-likeness (QED) is 0.841. The van der Waals surface area contributed by atoms with E-state index in [0.29, 0.717) is 23.9 Å². The Hall–Kier alpha value is -1.10. The summed E-state index contributed by atoms with van der Waals surface area (Å²) in [5.74, 6) is 0.655. The van der Waals surface area contributed by atoms with Crippen LogP contribution in [0.3, 0.4) is 0 Å². The fraction of sp³-hybridized carbons (Fsp3) is 0.818. The van der Waals surface area contributed by atoms with Crippen LogP contribution in [-0.2, 0) is 6.54 Å². The van der Waals surface area contributed by atoms with Gasteiger partial charge in [0.25, 0.3) is 0 Å². The van der Waals surface area contributed by atoms with Gasteiger partial charge >= 0.3 is 6.01 Å². The number of aromatic nitrogens is 2. The second-order valence-electron chi connectivity index (χ2n) is 5.16. The van der Waals surface area contributed by atoms with Crippen molar-refractivity contribution < 1.29 is 4.42 Å². The maximum atomic E-state index is 5.57. The molecule has 0 aliphatic carbocycles. The largest absolute Gasteiger partial charge is 0.407 e. The Balaban J connectivity index is 1.97. The summed E-state index contributed by atoms with van der Waals surface area (Å²) < 4.78 is 5.57. The Kier molecular flexibility index (Phi) is 3.14. The molecule has 0 amide bonds. The fourth-order valence-corrected chi connectivity index (χ4v) is 1.90. The molecule has 0 atom stereocenters. The average molecular weight is 224 g/mol. The molecule has 0 aromatic carbocycles. The third-order valence-corrected chi connectivity index (χ3v) is 3.17. The maximum Gasteiger partial charge on any atom is 0.318 e. The second-order valence-corrected chi connectivity index (χ2v) is 5.16. The van der Waals surface area contributed by atoms with E-state index >= 15 is 0 Å². The first-order valence-electron chi connectivity index (χ1n) is 5.83. The standard InChI is InChI=1S/C11H20N4O/c1-11(2)4-6-15(7-5-11)10-14-13-9(16-10)8-12-3/h12H,4-8H2,1-3H3. The SMILES string of the molecule is CNCc1nnc(N2CCC(C)(C)CC2)o1. The highest BCUT2D eigenvalue weighted by Crippen LogP contribution is 2.31. The van der Waals surface area contributed by atoms with Crippen LogP contribution in [0, 0.1) is 5.41 Å². The Morgan fingerprint density at radius 2 is 2.00 bits per heavy atom. The minimum absolute atomic E-state index is 0.449. The molecule has 0 bridgehead atoms. The van der Waals surface area contributed by atoms with Crippen molar-refractivity contribution >= 4 is 6.01 Å². The van der Waals surface area contributed by atoms with Crippen molar-refractivity contribution in [3.8, 4) is 0 Å². The molecule has 2 heterocycles. The molecule has 1 saturated heterocycles. The number of hydrogen-bond donors (Lipinski definition) is 1. The molecule has 1 fully saturated rings. The van der Waals surface area contributed by atoms with Crippen molar-refractivity contribution in [2.75, 3.05) is 25.0 Å². The summed E-state index contributed by atoms with van der Waals surface area (Å²) in [6.45, 7) is 7.27. The molecule has 0 radical (unpaired) electrons. The fourth-order valence-electron chi connectivity index (χ4n) is 1.90. The van der Waals surface area contributed by atoms with E-state index in [1.807, 2.05) is 7.05 Å². The third kappa shape index (κ3) is 2.52. The van der Waals surface area contributed by atoms with Crippen LogP contribution in [0.1, 0.15) is 32.6 Å². The summed E-state index contributed by atoms with van der Waals surface area (Å²) in [5.41, 5.74) is 0.449. The van der Waals surface area contributed by atoms with Gasteiger partial charge < -0.3 is 14.6 Å². The number of hydrogen-bond acceptors (Lipinski definition) is 5. The van der Waals surface area contributed by atoms with Crippen molar-refractivity contribution in [2.24, 2.45) is 5.41 Å². The molecule has 1 N–H and O–H groups in total. The summed E-state index contributed by atoms with van der Waals surface area (Å²) in [5, 5.41) is 11.1. The topological polar surface area (TPSA) is 54.2 Å². The minimum Gasteiger partial charge on any atom is -0.407 e. The van der Waals surface area contributed by atoms with Crippen molar-refractivity contribution in [1.29, 1.82) is 0 Å². The van der Waals surface area contributed by atoms with Crippen LogP contribution in [0.25, 0.3) is 0 Å². The van der Waals surface area contributed by atoms with E-state index in [9.17, 15) is 0 Å².